The topological polar surface area (TPSA) is 33.7 Å². The minimum absolute atomic E-state index is 0. The Bertz CT molecular complexity index is 456. The molecule has 1 fully saturated rings. The van der Waals surface area contributed by atoms with Gasteiger partial charge in [-0.1, -0.05) is 6.07 Å². The highest BCUT2D eigenvalue weighted by atomic mass is 35.5. The number of nitrogens with zero attached hydrogens (tertiary/aromatic N) is 1. The van der Waals surface area contributed by atoms with Crippen molar-refractivity contribution in [1.29, 1.82) is 0 Å². The summed E-state index contributed by atoms with van der Waals surface area (Å²) >= 11 is 0. The van der Waals surface area contributed by atoms with Gasteiger partial charge in [-0.25, -0.2) is 0 Å². The molecule has 22 heavy (non-hydrogen) atoms. The summed E-state index contributed by atoms with van der Waals surface area (Å²) in [7, 11) is 1.71. The maximum absolute atomic E-state index is 5.54. The van der Waals surface area contributed by atoms with E-state index < -0.39 is 0 Å². The molecule has 5 heteroatoms. The normalized spacial score (nSPS) is 22.2. The van der Waals surface area contributed by atoms with E-state index in [0.29, 0.717) is 18.7 Å². The SMILES string of the molecule is CCOCc1cc(CN2CC(C)NCC2C)ccc1OC.Cl. The minimum Gasteiger partial charge on any atom is -0.496 e. The van der Waals surface area contributed by atoms with Gasteiger partial charge in [0.05, 0.1) is 13.7 Å². The number of ether oxygens (including phenoxy) is 2. The first-order valence-electron chi connectivity index (χ1n) is 7.85. The fourth-order valence-corrected chi connectivity index (χ4v) is 2.81. The Balaban J connectivity index is 0.00000242. The zero-order chi connectivity index (χ0) is 15.2. The van der Waals surface area contributed by atoms with Crippen molar-refractivity contribution in [2.24, 2.45) is 0 Å². The van der Waals surface area contributed by atoms with Crippen LogP contribution >= 0.6 is 12.4 Å². The van der Waals surface area contributed by atoms with Crippen molar-refractivity contribution < 1.29 is 9.47 Å². The van der Waals surface area contributed by atoms with Gasteiger partial charge in [-0.05, 0) is 38.5 Å². The summed E-state index contributed by atoms with van der Waals surface area (Å²) in [6.07, 6.45) is 0. The van der Waals surface area contributed by atoms with Crippen molar-refractivity contribution in [2.75, 3.05) is 26.8 Å². The van der Waals surface area contributed by atoms with Crippen molar-refractivity contribution in [3.8, 4) is 5.75 Å². The first kappa shape index (κ1) is 19.2. The number of rotatable bonds is 6. The molecule has 0 bridgehead atoms. The molecule has 1 aliphatic heterocycles. The van der Waals surface area contributed by atoms with Gasteiger partial charge in [0.2, 0.25) is 0 Å². The summed E-state index contributed by atoms with van der Waals surface area (Å²) < 4.78 is 11.0. The summed E-state index contributed by atoms with van der Waals surface area (Å²) in [5.74, 6) is 0.911. The van der Waals surface area contributed by atoms with Crippen LogP contribution in [0.2, 0.25) is 0 Å². The van der Waals surface area contributed by atoms with Gasteiger partial charge < -0.3 is 14.8 Å². The predicted molar refractivity (Wildman–Crippen MR) is 92.9 cm³/mol. The van der Waals surface area contributed by atoms with Crippen LogP contribution in [0.1, 0.15) is 31.9 Å². The summed E-state index contributed by atoms with van der Waals surface area (Å²) in [4.78, 5) is 2.54. The third kappa shape index (κ3) is 5.13. The smallest absolute Gasteiger partial charge is 0.124 e. The van der Waals surface area contributed by atoms with Crippen LogP contribution in [0.4, 0.5) is 0 Å². The van der Waals surface area contributed by atoms with E-state index in [0.717, 1.165) is 37.6 Å². The largest absolute Gasteiger partial charge is 0.496 e. The molecule has 0 aliphatic carbocycles. The second kappa shape index (κ2) is 9.36. The summed E-state index contributed by atoms with van der Waals surface area (Å²) in [5.41, 5.74) is 2.46. The maximum atomic E-state index is 5.54. The molecule has 1 aliphatic rings. The van der Waals surface area contributed by atoms with E-state index in [9.17, 15) is 0 Å². The van der Waals surface area contributed by atoms with Crippen molar-refractivity contribution in [2.45, 2.75) is 46.0 Å². The molecule has 0 aromatic heterocycles. The highest BCUT2D eigenvalue weighted by Gasteiger charge is 2.22. The molecular weight excluding hydrogens is 300 g/mol. The second-order valence-corrected chi connectivity index (χ2v) is 5.87. The fraction of sp³-hybridized carbons (Fsp3) is 0.647. The van der Waals surface area contributed by atoms with Gasteiger partial charge in [-0.2, -0.15) is 0 Å². The average Bonchev–Trinajstić information content (AvgIpc) is 2.49. The van der Waals surface area contributed by atoms with Crippen LogP contribution in [-0.4, -0.2) is 43.8 Å². The molecule has 1 heterocycles. The lowest BCUT2D eigenvalue weighted by Crippen LogP contribution is -2.53. The standard InChI is InChI=1S/C17H28N2O2.ClH/c1-5-21-12-16-8-15(6-7-17(16)20-4)11-19-10-13(2)18-9-14(19)3;/h6-8,13-14,18H,5,9-12H2,1-4H3;1H. The average molecular weight is 329 g/mol. The summed E-state index contributed by atoms with van der Waals surface area (Å²) in [6, 6.07) is 7.56. The zero-order valence-electron chi connectivity index (χ0n) is 14.1. The lowest BCUT2D eigenvalue weighted by Gasteiger charge is -2.37. The number of methoxy groups -OCH3 is 1. The number of nitrogens with one attached hydrogen (secondary N) is 1. The van der Waals surface area contributed by atoms with Crippen molar-refractivity contribution >= 4 is 12.4 Å². The Morgan fingerprint density at radius 1 is 1.32 bits per heavy atom. The van der Waals surface area contributed by atoms with Crippen LogP contribution in [0.15, 0.2) is 18.2 Å². The highest BCUT2D eigenvalue weighted by Crippen LogP contribution is 2.22. The number of benzene rings is 1. The molecule has 2 rings (SSSR count). The van der Waals surface area contributed by atoms with E-state index in [2.05, 4.69) is 42.3 Å². The molecule has 0 saturated carbocycles. The van der Waals surface area contributed by atoms with Gasteiger partial charge in [0.1, 0.15) is 5.75 Å². The van der Waals surface area contributed by atoms with E-state index in [1.54, 1.807) is 7.11 Å². The van der Waals surface area contributed by atoms with Crippen LogP contribution in [-0.2, 0) is 17.9 Å². The number of halogens is 1. The van der Waals surface area contributed by atoms with E-state index in [1.165, 1.54) is 5.56 Å². The van der Waals surface area contributed by atoms with Gasteiger partial charge in [0.15, 0.2) is 0 Å². The lowest BCUT2D eigenvalue weighted by atomic mass is 10.1. The quantitative estimate of drug-likeness (QED) is 0.870. The van der Waals surface area contributed by atoms with Crippen molar-refractivity contribution in [3.05, 3.63) is 29.3 Å². The molecule has 1 N–H and O–H groups in total. The molecule has 0 amide bonds. The Morgan fingerprint density at radius 3 is 2.77 bits per heavy atom. The lowest BCUT2D eigenvalue weighted by molar-refractivity contribution is 0.130. The molecule has 126 valence electrons. The Morgan fingerprint density at radius 2 is 2.09 bits per heavy atom. The summed E-state index contributed by atoms with van der Waals surface area (Å²) in [5, 5.41) is 3.52. The molecule has 1 aromatic carbocycles. The summed E-state index contributed by atoms with van der Waals surface area (Å²) in [6.45, 7) is 11.0. The number of piperazine rings is 1. The predicted octanol–water partition coefficient (Wildman–Crippen LogP) is 2.84. The van der Waals surface area contributed by atoms with Crippen LogP contribution in [0.25, 0.3) is 0 Å². The van der Waals surface area contributed by atoms with Gasteiger partial charge in [0.25, 0.3) is 0 Å². The number of hydrogen-bond donors (Lipinski definition) is 1. The molecule has 1 aromatic rings. The van der Waals surface area contributed by atoms with Gasteiger partial charge in [-0.3, -0.25) is 4.90 Å². The van der Waals surface area contributed by atoms with E-state index in [1.807, 2.05) is 6.92 Å². The number of hydrogen-bond acceptors (Lipinski definition) is 4. The second-order valence-electron chi connectivity index (χ2n) is 5.87. The third-order valence-electron chi connectivity index (χ3n) is 4.09. The van der Waals surface area contributed by atoms with E-state index >= 15 is 0 Å². The molecule has 0 spiro atoms. The van der Waals surface area contributed by atoms with Crippen LogP contribution < -0.4 is 10.1 Å². The van der Waals surface area contributed by atoms with Crippen molar-refractivity contribution in [3.63, 3.8) is 0 Å². The molecule has 2 atom stereocenters. The zero-order valence-corrected chi connectivity index (χ0v) is 14.9. The third-order valence-corrected chi connectivity index (χ3v) is 4.09. The Kier molecular flexibility index (Phi) is 8.18. The van der Waals surface area contributed by atoms with Gasteiger partial charge >= 0.3 is 0 Å². The van der Waals surface area contributed by atoms with Crippen LogP contribution in [0, 0.1) is 0 Å². The van der Waals surface area contributed by atoms with E-state index in [4.69, 9.17) is 9.47 Å². The molecule has 4 nitrogen and oxygen atoms in total. The monoisotopic (exact) mass is 328 g/mol. The molecular formula is C17H29ClN2O2. The Labute approximate surface area is 140 Å². The van der Waals surface area contributed by atoms with Gasteiger partial charge in [-0.15, -0.1) is 12.4 Å². The maximum Gasteiger partial charge on any atom is 0.124 e. The van der Waals surface area contributed by atoms with Crippen LogP contribution in [0.5, 0.6) is 5.75 Å². The fourth-order valence-electron chi connectivity index (χ4n) is 2.81. The van der Waals surface area contributed by atoms with Crippen molar-refractivity contribution in [1.82, 2.24) is 10.2 Å². The first-order chi connectivity index (χ1) is 10.1. The highest BCUT2D eigenvalue weighted by molar-refractivity contribution is 5.85. The molecule has 2 unspecified atom stereocenters. The van der Waals surface area contributed by atoms with Gasteiger partial charge in [0, 0.05) is 43.9 Å². The Hall–Kier alpha value is -0.810. The molecule has 1 saturated heterocycles. The van der Waals surface area contributed by atoms with E-state index in [-0.39, 0.29) is 12.4 Å². The molecule has 0 radical (unpaired) electrons. The minimum atomic E-state index is 0. The first-order valence-corrected chi connectivity index (χ1v) is 7.85. The van der Waals surface area contributed by atoms with Crippen LogP contribution in [0.3, 0.4) is 0 Å².